The Hall–Kier alpha value is -0.890. The van der Waals surface area contributed by atoms with E-state index in [0.29, 0.717) is 0 Å². The van der Waals surface area contributed by atoms with Gasteiger partial charge >= 0.3 is 0 Å². The number of hydrogen-bond acceptors (Lipinski definition) is 2. The monoisotopic (exact) mass is 221 g/mol. The van der Waals surface area contributed by atoms with Crippen molar-refractivity contribution in [2.75, 3.05) is 0 Å². The first-order chi connectivity index (χ1) is 7.41. The number of nitrogens with zero attached hydrogens (tertiary/aromatic N) is 1. The number of aromatic nitrogens is 1. The van der Waals surface area contributed by atoms with Crippen LogP contribution in [0.15, 0.2) is 18.5 Å². The maximum atomic E-state index is 10.5. The van der Waals surface area contributed by atoms with E-state index < -0.39 is 5.60 Å². The molecule has 0 aliphatic carbocycles. The maximum Gasteiger partial charge on any atom is 0.0708 e. The second-order valence-electron chi connectivity index (χ2n) is 5.03. The van der Waals surface area contributed by atoms with Crippen molar-refractivity contribution in [3.63, 3.8) is 0 Å². The average molecular weight is 221 g/mol. The van der Waals surface area contributed by atoms with Crippen molar-refractivity contribution >= 4 is 0 Å². The minimum absolute atomic E-state index is 0.130. The summed E-state index contributed by atoms with van der Waals surface area (Å²) >= 11 is 0. The van der Waals surface area contributed by atoms with Crippen LogP contribution in [0.25, 0.3) is 0 Å². The first kappa shape index (κ1) is 13.2. The molecule has 0 saturated heterocycles. The van der Waals surface area contributed by atoms with Crippen molar-refractivity contribution < 1.29 is 5.11 Å². The van der Waals surface area contributed by atoms with Gasteiger partial charge < -0.3 is 5.11 Å². The summed E-state index contributed by atoms with van der Waals surface area (Å²) in [7, 11) is 0. The highest BCUT2D eigenvalue weighted by Crippen LogP contribution is 2.34. The lowest BCUT2D eigenvalue weighted by Gasteiger charge is -2.35. The molecule has 2 nitrogen and oxygen atoms in total. The van der Waals surface area contributed by atoms with Gasteiger partial charge in [0.1, 0.15) is 0 Å². The van der Waals surface area contributed by atoms with Crippen LogP contribution >= 0.6 is 0 Å². The van der Waals surface area contributed by atoms with Gasteiger partial charge in [0.05, 0.1) is 5.60 Å². The molecular formula is C14H23NO. The average Bonchev–Trinajstić information content (AvgIpc) is 2.27. The van der Waals surface area contributed by atoms with Crippen LogP contribution in [0, 0.1) is 5.92 Å². The smallest absolute Gasteiger partial charge is 0.0708 e. The number of hydrogen-bond donors (Lipinski definition) is 1. The molecule has 2 heteroatoms. The van der Waals surface area contributed by atoms with E-state index in [1.54, 1.807) is 6.20 Å². The van der Waals surface area contributed by atoms with Crippen LogP contribution in [-0.4, -0.2) is 15.7 Å². The summed E-state index contributed by atoms with van der Waals surface area (Å²) in [5.41, 5.74) is 1.78. The Morgan fingerprint density at radius 2 is 2.00 bits per heavy atom. The molecule has 90 valence electrons. The molecule has 0 saturated carbocycles. The zero-order valence-electron chi connectivity index (χ0n) is 11.0. The lowest BCUT2D eigenvalue weighted by molar-refractivity contribution is -0.00848. The third kappa shape index (κ3) is 2.43. The zero-order chi connectivity index (χ0) is 12.3. The molecule has 0 spiro atoms. The minimum atomic E-state index is -0.675. The van der Waals surface area contributed by atoms with E-state index in [0.717, 1.165) is 6.42 Å². The Bertz CT molecular complexity index is 344. The van der Waals surface area contributed by atoms with Gasteiger partial charge in [0.15, 0.2) is 0 Å². The Morgan fingerprint density at radius 1 is 1.38 bits per heavy atom. The Balaban J connectivity index is 3.09. The van der Waals surface area contributed by atoms with Crippen LogP contribution in [0.4, 0.5) is 0 Å². The molecule has 0 aliphatic rings. The van der Waals surface area contributed by atoms with Crippen molar-refractivity contribution in [3.8, 4) is 0 Å². The summed E-state index contributed by atoms with van der Waals surface area (Å²) in [4.78, 5) is 4.14. The van der Waals surface area contributed by atoms with Crippen molar-refractivity contribution in [1.29, 1.82) is 0 Å². The topological polar surface area (TPSA) is 33.1 Å². The molecule has 16 heavy (non-hydrogen) atoms. The minimum Gasteiger partial charge on any atom is -0.389 e. The fraction of sp³-hybridized carbons (Fsp3) is 0.643. The van der Waals surface area contributed by atoms with Crippen LogP contribution in [0.2, 0.25) is 0 Å². The maximum absolute atomic E-state index is 10.5. The van der Waals surface area contributed by atoms with Crippen LogP contribution in [0.1, 0.15) is 51.7 Å². The van der Waals surface area contributed by atoms with Gasteiger partial charge in [-0.05, 0) is 36.5 Å². The van der Waals surface area contributed by atoms with E-state index in [2.05, 4.69) is 32.7 Å². The van der Waals surface area contributed by atoms with Crippen LogP contribution in [0.5, 0.6) is 0 Å². The highest BCUT2D eigenvalue weighted by molar-refractivity contribution is 5.29. The van der Waals surface area contributed by atoms with E-state index in [1.165, 1.54) is 11.1 Å². The molecule has 2 atom stereocenters. The largest absolute Gasteiger partial charge is 0.389 e. The molecule has 0 bridgehead atoms. The standard InChI is InChI=1S/C14H23NO/c1-6-12-9-15-8-7-13(12)11(4)14(5,16)10(2)3/h7-11,16H,6H2,1-5H3. The molecule has 1 heterocycles. The first-order valence-corrected chi connectivity index (χ1v) is 6.06. The summed E-state index contributed by atoms with van der Waals surface area (Å²) in [6, 6.07) is 2.03. The second kappa shape index (κ2) is 4.96. The van der Waals surface area contributed by atoms with Gasteiger partial charge in [0.2, 0.25) is 0 Å². The quantitative estimate of drug-likeness (QED) is 0.847. The van der Waals surface area contributed by atoms with Gasteiger partial charge in [-0.3, -0.25) is 4.98 Å². The van der Waals surface area contributed by atoms with E-state index >= 15 is 0 Å². The summed E-state index contributed by atoms with van der Waals surface area (Å²) in [6.45, 7) is 10.3. The number of rotatable bonds is 4. The third-order valence-corrected chi connectivity index (χ3v) is 3.83. The molecule has 1 rings (SSSR count). The summed E-state index contributed by atoms with van der Waals surface area (Å²) in [6.07, 6.45) is 4.67. The van der Waals surface area contributed by atoms with Crippen molar-refractivity contribution in [1.82, 2.24) is 4.98 Å². The van der Waals surface area contributed by atoms with Gasteiger partial charge in [-0.2, -0.15) is 0 Å². The third-order valence-electron chi connectivity index (χ3n) is 3.83. The number of aryl methyl sites for hydroxylation is 1. The van der Waals surface area contributed by atoms with Crippen molar-refractivity contribution in [2.45, 2.75) is 52.6 Å². The van der Waals surface area contributed by atoms with Gasteiger partial charge in [-0.1, -0.05) is 27.7 Å². The molecule has 0 aromatic carbocycles. The van der Waals surface area contributed by atoms with Gasteiger partial charge in [-0.25, -0.2) is 0 Å². The van der Waals surface area contributed by atoms with Gasteiger partial charge in [0, 0.05) is 18.3 Å². The molecule has 2 unspecified atom stereocenters. The predicted molar refractivity (Wildman–Crippen MR) is 67.5 cm³/mol. The second-order valence-corrected chi connectivity index (χ2v) is 5.03. The zero-order valence-corrected chi connectivity index (χ0v) is 11.0. The molecule has 1 aromatic rings. The van der Waals surface area contributed by atoms with E-state index in [-0.39, 0.29) is 11.8 Å². The van der Waals surface area contributed by atoms with Crippen molar-refractivity contribution in [2.24, 2.45) is 5.92 Å². The highest BCUT2D eigenvalue weighted by atomic mass is 16.3. The Labute approximate surface area is 98.7 Å². The van der Waals surface area contributed by atoms with E-state index in [1.807, 2.05) is 19.2 Å². The lowest BCUT2D eigenvalue weighted by Crippen LogP contribution is -2.37. The van der Waals surface area contributed by atoms with E-state index in [9.17, 15) is 5.11 Å². The summed E-state index contributed by atoms with van der Waals surface area (Å²) in [5.74, 6) is 0.367. The fourth-order valence-corrected chi connectivity index (χ4v) is 1.97. The number of pyridine rings is 1. The van der Waals surface area contributed by atoms with Crippen LogP contribution in [-0.2, 0) is 6.42 Å². The van der Waals surface area contributed by atoms with Crippen LogP contribution in [0.3, 0.4) is 0 Å². The SMILES string of the molecule is CCc1cnccc1C(C)C(C)(O)C(C)C. The Morgan fingerprint density at radius 3 is 2.50 bits per heavy atom. The summed E-state index contributed by atoms with van der Waals surface area (Å²) < 4.78 is 0. The molecular weight excluding hydrogens is 198 g/mol. The molecule has 0 amide bonds. The highest BCUT2D eigenvalue weighted by Gasteiger charge is 2.33. The molecule has 0 radical (unpaired) electrons. The first-order valence-electron chi connectivity index (χ1n) is 6.06. The molecule has 0 aliphatic heterocycles. The Kier molecular flexibility index (Phi) is 4.09. The predicted octanol–water partition coefficient (Wildman–Crippen LogP) is 3.15. The molecule has 1 aromatic heterocycles. The molecule has 1 N–H and O–H groups in total. The number of aliphatic hydroxyl groups is 1. The molecule has 0 fully saturated rings. The van der Waals surface area contributed by atoms with Crippen molar-refractivity contribution in [3.05, 3.63) is 29.6 Å². The summed E-state index contributed by atoms with van der Waals surface area (Å²) in [5, 5.41) is 10.5. The normalized spacial score (nSPS) is 17.2. The lowest BCUT2D eigenvalue weighted by atomic mass is 9.76. The fourth-order valence-electron chi connectivity index (χ4n) is 1.97. The van der Waals surface area contributed by atoms with E-state index in [4.69, 9.17) is 0 Å². The van der Waals surface area contributed by atoms with Gasteiger partial charge in [-0.15, -0.1) is 0 Å². The van der Waals surface area contributed by atoms with Crippen LogP contribution < -0.4 is 0 Å². The van der Waals surface area contributed by atoms with Gasteiger partial charge in [0.25, 0.3) is 0 Å².